The van der Waals surface area contributed by atoms with Crippen LogP contribution in [0.2, 0.25) is 0 Å². The van der Waals surface area contributed by atoms with Crippen molar-refractivity contribution in [3.63, 3.8) is 0 Å². The van der Waals surface area contributed by atoms with E-state index in [2.05, 4.69) is 9.47 Å². The normalized spacial score (nSPS) is 12.7. The molecule has 0 heterocycles. The summed E-state index contributed by atoms with van der Waals surface area (Å²) in [6, 6.07) is 2.52. The van der Waals surface area contributed by atoms with Gasteiger partial charge in [-0.3, -0.25) is 0 Å². The Morgan fingerprint density at radius 3 is 1.71 bits per heavy atom. The van der Waals surface area contributed by atoms with E-state index in [9.17, 15) is 35.9 Å². The van der Waals surface area contributed by atoms with Crippen molar-refractivity contribution < 1.29 is 45.4 Å². The molecule has 0 aromatic heterocycles. The van der Waals surface area contributed by atoms with Gasteiger partial charge >= 0.3 is 24.3 Å². The van der Waals surface area contributed by atoms with E-state index < -0.39 is 41.2 Å². The summed E-state index contributed by atoms with van der Waals surface area (Å²) in [5, 5.41) is 0. The lowest BCUT2D eigenvalue weighted by molar-refractivity contribution is -0.190. The van der Waals surface area contributed by atoms with Gasteiger partial charge in [0.2, 0.25) is 0 Å². The molecule has 1 aromatic carbocycles. The van der Waals surface area contributed by atoms with Crippen molar-refractivity contribution in [2.75, 3.05) is 0 Å². The molecule has 0 saturated heterocycles. The van der Waals surface area contributed by atoms with E-state index >= 15 is 0 Å². The maximum absolute atomic E-state index is 12.3. The van der Waals surface area contributed by atoms with Gasteiger partial charge in [-0.25, -0.2) is 9.59 Å². The molecule has 0 aliphatic carbocycles. The molecule has 0 aliphatic heterocycles. The van der Waals surface area contributed by atoms with E-state index in [-0.39, 0.29) is 5.56 Å². The highest BCUT2D eigenvalue weighted by Crippen LogP contribution is 2.36. The van der Waals surface area contributed by atoms with Crippen molar-refractivity contribution in [3.05, 3.63) is 23.8 Å². The highest BCUT2D eigenvalue weighted by Gasteiger charge is 2.43. The summed E-state index contributed by atoms with van der Waals surface area (Å²) in [4.78, 5) is 21.7. The summed E-state index contributed by atoms with van der Waals surface area (Å²) in [6.45, 7) is 4.55. The first-order valence-corrected chi connectivity index (χ1v) is 6.35. The van der Waals surface area contributed by atoms with Crippen LogP contribution in [0.3, 0.4) is 0 Å². The Hall–Kier alpha value is -2.26. The molecule has 0 unspecified atom stereocenters. The Morgan fingerprint density at radius 1 is 0.833 bits per heavy atom. The smallest absolute Gasteiger partial charge is 0.420 e. The third kappa shape index (κ3) is 5.14. The van der Waals surface area contributed by atoms with Crippen LogP contribution < -0.4 is 9.47 Å². The van der Waals surface area contributed by atoms with Gasteiger partial charge < -0.3 is 9.47 Å². The van der Waals surface area contributed by atoms with Crippen LogP contribution in [-0.4, -0.2) is 24.3 Å². The van der Waals surface area contributed by atoms with E-state index in [1.807, 2.05) is 0 Å². The van der Waals surface area contributed by atoms with Crippen LogP contribution in [-0.2, 0) is 15.0 Å². The molecule has 134 valence electrons. The minimum absolute atomic E-state index is 0.0485. The molecule has 0 spiro atoms. The molecular formula is C14H12F6O4. The lowest BCUT2D eigenvalue weighted by atomic mass is 9.86. The summed E-state index contributed by atoms with van der Waals surface area (Å²) in [7, 11) is 0. The molecule has 24 heavy (non-hydrogen) atoms. The fourth-order valence-electron chi connectivity index (χ4n) is 1.57. The van der Waals surface area contributed by atoms with Crippen molar-refractivity contribution in [2.45, 2.75) is 38.5 Å². The summed E-state index contributed by atoms with van der Waals surface area (Å²) < 4.78 is 81.7. The summed E-state index contributed by atoms with van der Waals surface area (Å²) >= 11 is 0. The van der Waals surface area contributed by atoms with Gasteiger partial charge in [0.1, 0.15) is 11.5 Å². The zero-order valence-corrected chi connectivity index (χ0v) is 12.6. The van der Waals surface area contributed by atoms with Crippen molar-refractivity contribution in [1.82, 2.24) is 0 Å². The lowest BCUT2D eigenvalue weighted by Gasteiger charge is -2.23. The molecule has 0 bridgehead atoms. The molecule has 0 radical (unpaired) electrons. The monoisotopic (exact) mass is 358 g/mol. The Labute approximate surface area is 132 Å². The third-order valence-corrected chi connectivity index (χ3v) is 2.64. The van der Waals surface area contributed by atoms with E-state index in [0.29, 0.717) is 0 Å². The van der Waals surface area contributed by atoms with Gasteiger partial charge in [0.15, 0.2) is 0 Å². The van der Waals surface area contributed by atoms with Gasteiger partial charge in [0, 0.05) is 5.56 Å². The molecule has 4 nitrogen and oxygen atoms in total. The first-order chi connectivity index (χ1) is 10.6. The fourth-order valence-corrected chi connectivity index (χ4v) is 1.57. The number of carbonyl (C=O) groups is 2. The van der Waals surface area contributed by atoms with E-state index in [4.69, 9.17) is 0 Å². The third-order valence-electron chi connectivity index (χ3n) is 2.64. The largest absolute Gasteiger partial charge is 0.491 e. The minimum Gasteiger partial charge on any atom is -0.420 e. The molecule has 1 aromatic rings. The summed E-state index contributed by atoms with van der Waals surface area (Å²) in [5.41, 5.74) is -0.963. The highest BCUT2D eigenvalue weighted by molar-refractivity contribution is 5.79. The Morgan fingerprint density at radius 2 is 1.29 bits per heavy atom. The summed E-state index contributed by atoms with van der Waals surface area (Å²) in [6.07, 6.45) is -10.5. The van der Waals surface area contributed by atoms with Crippen LogP contribution in [0.4, 0.5) is 26.3 Å². The number of halogens is 6. The van der Waals surface area contributed by atoms with Crippen LogP contribution >= 0.6 is 0 Å². The van der Waals surface area contributed by atoms with E-state index in [0.717, 1.165) is 18.2 Å². The lowest BCUT2D eigenvalue weighted by Crippen LogP contribution is -2.29. The van der Waals surface area contributed by atoms with Gasteiger partial charge in [-0.2, -0.15) is 26.3 Å². The summed E-state index contributed by atoms with van der Waals surface area (Å²) in [5.74, 6) is -6.01. The minimum atomic E-state index is -5.24. The standard InChI is InChI=1S/C14H12F6O4/c1-12(2,3)8-6-7(23-10(21)13(15,16)17)4-5-9(8)24-11(22)14(18,19)20/h4-6H,1-3H3. The van der Waals surface area contributed by atoms with Crippen molar-refractivity contribution in [3.8, 4) is 11.5 Å². The van der Waals surface area contributed by atoms with Crippen molar-refractivity contribution >= 4 is 11.9 Å². The van der Waals surface area contributed by atoms with Gasteiger partial charge in [-0.1, -0.05) is 20.8 Å². The zero-order valence-electron chi connectivity index (χ0n) is 12.6. The molecule has 0 atom stereocenters. The zero-order chi connectivity index (χ0) is 18.9. The average molecular weight is 358 g/mol. The number of alkyl halides is 6. The number of ether oxygens (including phenoxy) is 2. The van der Waals surface area contributed by atoms with Crippen molar-refractivity contribution in [1.29, 1.82) is 0 Å². The van der Waals surface area contributed by atoms with E-state index in [1.54, 1.807) is 0 Å². The quantitative estimate of drug-likeness (QED) is 0.457. The molecule has 10 heteroatoms. The number of carbonyl (C=O) groups excluding carboxylic acids is 2. The molecule has 0 aliphatic rings. The topological polar surface area (TPSA) is 52.6 Å². The predicted octanol–water partition coefficient (Wildman–Crippen LogP) is 3.92. The fraction of sp³-hybridized carbons (Fsp3) is 0.429. The molecule has 0 N–H and O–H groups in total. The Balaban J connectivity index is 3.20. The Kier molecular flexibility index (Phi) is 5.22. The molecule has 0 fully saturated rings. The van der Waals surface area contributed by atoms with Gasteiger partial charge in [-0.05, 0) is 23.6 Å². The Bertz CT molecular complexity index is 640. The first kappa shape index (κ1) is 19.8. The van der Waals surface area contributed by atoms with E-state index in [1.165, 1.54) is 20.8 Å². The molecule has 0 amide bonds. The number of benzene rings is 1. The maximum atomic E-state index is 12.3. The number of hydrogen-bond donors (Lipinski definition) is 0. The van der Waals surface area contributed by atoms with Crippen LogP contribution in [0.15, 0.2) is 18.2 Å². The molecule has 1 rings (SSSR count). The second-order valence-electron chi connectivity index (χ2n) is 5.68. The second-order valence-corrected chi connectivity index (χ2v) is 5.68. The number of esters is 2. The maximum Gasteiger partial charge on any atom is 0.491 e. The number of hydrogen-bond acceptors (Lipinski definition) is 4. The van der Waals surface area contributed by atoms with Crippen LogP contribution in [0.25, 0.3) is 0 Å². The molecule has 0 saturated carbocycles. The second kappa shape index (κ2) is 6.33. The average Bonchev–Trinajstić information content (AvgIpc) is 2.36. The van der Waals surface area contributed by atoms with Crippen LogP contribution in [0.5, 0.6) is 11.5 Å². The van der Waals surface area contributed by atoms with Gasteiger partial charge in [0.25, 0.3) is 0 Å². The predicted molar refractivity (Wildman–Crippen MR) is 68.5 cm³/mol. The molecular weight excluding hydrogens is 346 g/mol. The SMILES string of the molecule is CC(C)(C)c1cc(OC(=O)C(F)(F)F)ccc1OC(=O)C(F)(F)F. The van der Waals surface area contributed by atoms with Crippen molar-refractivity contribution in [2.24, 2.45) is 0 Å². The number of rotatable bonds is 2. The van der Waals surface area contributed by atoms with Gasteiger partial charge in [-0.15, -0.1) is 0 Å². The first-order valence-electron chi connectivity index (χ1n) is 6.35. The van der Waals surface area contributed by atoms with Crippen LogP contribution in [0, 0.1) is 0 Å². The highest BCUT2D eigenvalue weighted by atomic mass is 19.4. The van der Waals surface area contributed by atoms with Gasteiger partial charge in [0.05, 0.1) is 0 Å². The van der Waals surface area contributed by atoms with Crippen LogP contribution in [0.1, 0.15) is 26.3 Å².